The maximum absolute atomic E-state index is 6.03. The molecule has 0 N–H and O–H groups in total. The highest BCUT2D eigenvalue weighted by molar-refractivity contribution is 6.31. The highest BCUT2D eigenvalue weighted by Gasteiger charge is 2.00. The first kappa shape index (κ1) is 10.6. The fourth-order valence-electron chi connectivity index (χ4n) is 2.24. The van der Waals surface area contributed by atoms with Gasteiger partial charge in [0.05, 0.1) is 0 Å². The van der Waals surface area contributed by atoms with Gasteiger partial charge in [0.1, 0.15) is 0 Å². The predicted molar refractivity (Wildman–Crippen MR) is 75.8 cm³/mol. The van der Waals surface area contributed by atoms with Crippen LogP contribution >= 0.6 is 11.6 Å². The number of rotatable bonds is 1. The Morgan fingerprint density at radius 1 is 0.765 bits per heavy atom. The van der Waals surface area contributed by atoms with Crippen LogP contribution in [0.1, 0.15) is 12.5 Å². The van der Waals surface area contributed by atoms with Crippen LogP contribution in [0.4, 0.5) is 0 Å². The second kappa shape index (κ2) is 4.05. The molecule has 0 aliphatic carbocycles. The summed E-state index contributed by atoms with van der Waals surface area (Å²) in [5.74, 6) is 0. The minimum atomic E-state index is 0.795. The summed E-state index contributed by atoms with van der Waals surface area (Å²) in [6, 6.07) is 17.1. The molecule has 84 valence electrons. The summed E-state index contributed by atoms with van der Waals surface area (Å²) in [6.45, 7) is 2.18. The van der Waals surface area contributed by atoms with Crippen molar-refractivity contribution in [2.75, 3.05) is 0 Å². The van der Waals surface area contributed by atoms with E-state index in [1.807, 2.05) is 12.1 Å². The smallest absolute Gasteiger partial charge is 0.0412 e. The summed E-state index contributed by atoms with van der Waals surface area (Å²) in [5.41, 5.74) is 1.37. The Balaban J connectivity index is 2.36. The summed E-state index contributed by atoms with van der Waals surface area (Å²) < 4.78 is 0. The average molecular weight is 241 g/mol. The highest BCUT2D eigenvalue weighted by atomic mass is 35.5. The lowest BCUT2D eigenvalue weighted by atomic mass is 10.0. The fraction of sp³-hybridized carbons (Fsp3) is 0.125. The second-order valence-electron chi connectivity index (χ2n) is 4.38. The molecule has 0 saturated heterocycles. The standard InChI is InChI=1S/C16H13Cl/c1-2-11-3-4-12-8-13-5-6-16(17)10-15(13)9-14(12)7-11/h3-10H,2H2,1H3. The van der Waals surface area contributed by atoms with Crippen LogP contribution in [0.5, 0.6) is 0 Å². The van der Waals surface area contributed by atoms with Crippen LogP contribution in [0.3, 0.4) is 0 Å². The van der Waals surface area contributed by atoms with Crippen LogP contribution in [0, 0.1) is 0 Å². The zero-order valence-electron chi connectivity index (χ0n) is 9.70. The number of fused-ring (bicyclic) bond motifs is 2. The van der Waals surface area contributed by atoms with Gasteiger partial charge < -0.3 is 0 Å². The molecular weight excluding hydrogens is 228 g/mol. The van der Waals surface area contributed by atoms with Gasteiger partial charge in [-0.05, 0) is 57.8 Å². The molecule has 0 unspecified atom stereocenters. The first-order valence-corrected chi connectivity index (χ1v) is 6.26. The first-order chi connectivity index (χ1) is 8.26. The molecule has 0 spiro atoms. The van der Waals surface area contributed by atoms with Crippen molar-refractivity contribution in [3.05, 3.63) is 59.1 Å². The zero-order chi connectivity index (χ0) is 11.8. The van der Waals surface area contributed by atoms with Gasteiger partial charge in [-0.1, -0.05) is 42.8 Å². The van der Waals surface area contributed by atoms with Gasteiger partial charge in [-0.15, -0.1) is 0 Å². The lowest BCUT2D eigenvalue weighted by Crippen LogP contribution is -1.81. The Kier molecular flexibility index (Phi) is 2.53. The lowest BCUT2D eigenvalue weighted by molar-refractivity contribution is 1.15. The normalized spacial score (nSPS) is 11.2. The predicted octanol–water partition coefficient (Wildman–Crippen LogP) is 5.21. The van der Waals surface area contributed by atoms with E-state index in [9.17, 15) is 0 Å². The average Bonchev–Trinajstić information content (AvgIpc) is 2.35. The van der Waals surface area contributed by atoms with Crippen molar-refractivity contribution in [1.82, 2.24) is 0 Å². The van der Waals surface area contributed by atoms with Crippen molar-refractivity contribution in [1.29, 1.82) is 0 Å². The highest BCUT2D eigenvalue weighted by Crippen LogP contribution is 2.26. The van der Waals surface area contributed by atoms with Gasteiger partial charge in [0.25, 0.3) is 0 Å². The van der Waals surface area contributed by atoms with Gasteiger partial charge >= 0.3 is 0 Å². The Hall–Kier alpha value is -1.53. The quantitative estimate of drug-likeness (QED) is 0.513. The van der Waals surface area contributed by atoms with Crippen LogP contribution in [-0.2, 0) is 6.42 Å². The van der Waals surface area contributed by atoms with Crippen molar-refractivity contribution in [2.24, 2.45) is 0 Å². The number of hydrogen-bond donors (Lipinski definition) is 0. The lowest BCUT2D eigenvalue weighted by Gasteiger charge is -2.04. The van der Waals surface area contributed by atoms with E-state index >= 15 is 0 Å². The molecule has 17 heavy (non-hydrogen) atoms. The van der Waals surface area contributed by atoms with E-state index in [1.165, 1.54) is 27.1 Å². The van der Waals surface area contributed by atoms with E-state index in [-0.39, 0.29) is 0 Å². The van der Waals surface area contributed by atoms with Crippen LogP contribution < -0.4 is 0 Å². The summed E-state index contributed by atoms with van der Waals surface area (Å²) in [5, 5.41) is 5.82. The Bertz CT molecular complexity index is 698. The molecule has 3 aromatic rings. The first-order valence-electron chi connectivity index (χ1n) is 5.88. The third-order valence-electron chi connectivity index (χ3n) is 3.23. The topological polar surface area (TPSA) is 0 Å². The molecule has 0 amide bonds. The summed E-state index contributed by atoms with van der Waals surface area (Å²) in [6.07, 6.45) is 1.07. The molecule has 3 rings (SSSR count). The van der Waals surface area contributed by atoms with Crippen LogP contribution in [0.25, 0.3) is 21.5 Å². The SMILES string of the molecule is CCc1ccc2cc3ccc(Cl)cc3cc2c1. The molecular formula is C16H13Cl. The largest absolute Gasteiger partial charge is 0.0843 e. The van der Waals surface area contributed by atoms with E-state index in [2.05, 4.69) is 43.3 Å². The van der Waals surface area contributed by atoms with Crippen LogP contribution in [0.15, 0.2) is 48.5 Å². The monoisotopic (exact) mass is 240 g/mol. The molecule has 0 aliphatic heterocycles. The van der Waals surface area contributed by atoms with Gasteiger partial charge in [-0.3, -0.25) is 0 Å². The van der Waals surface area contributed by atoms with Crippen LogP contribution in [0.2, 0.25) is 5.02 Å². The van der Waals surface area contributed by atoms with Gasteiger partial charge in [0, 0.05) is 5.02 Å². The zero-order valence-corrected chi connectivity index (χ0v) is 10.5. The van der Waals surface area contributed by atoms with E-state index in [1.54, 1.807) is 0 Å². The number of aryl methyl sites for hydroxylation is 1. The molecule has 0 atom stereocenters. The minimum Gasteiger partial charge on any atom is -0.0843 e. The molecule has 0 radical (unpaired) electrons. The van der Waals surface area contributed by atoms with E-state index in [0.29, 0.717) is 0 Å². The maximum atomic E-state index is 6.03. The number of benzene rings is 3. The summed E-state index contributed by atoms with van der Waals surface area (Å²) in [4.78, 5) is 0. The summed E-state index contributed by atoms with van der Waals surface area (Å²) >= 11 is 6.03. The molecule has 0 heterocycles. The van der Waals surface area contributed by atoms with Gasteiger partial charge in [0.2, 0.25) is 0 Å². The Morgan fingerprint density at radius 3 is 2.18 bits per heavy atom. The van der Waals surface area contributed by atoms with Crippen molar-refractivity contribution in [2.45, 2.75) is 13.3 Å². The minimum absolute atomic E-state index is 0.795. The molecule has 1 heteroatoms. The van der Waals surface area contributed by atoms with Crippen molar-refractivity contribution in [3.63, 3.8) is 0 Å². The third kappa shape index (κ3) is 1.89. The van der Waals surface area contributed by atoms with Gasteiger partial charge in [-0.25, -0.2) is 0 Å². The van der Waals surface area contributed by atoms with E-state index < -0.39 is 0 Å². The molecule has 0 bridgehead atoms. The molecule has 0 saturated carbocycles. The van der Waals surface area contributed by atoms with Crippen molar-refractivity contribution >= 4 is 33.1 Å². The van der Waals surface area contributed by atoms with E-state index in [4.69, 9.17) is 11.6 Å². The maximum Gasteiger partial charge on any atom is 0.0412 e. The molecule has 0 aromatic heterocycles. The van der Waals surface area contributed by atoms with Crippen molar-refractivity contribution in [3.8, 4) is 0 Å². The van der Waals surface area contributed by atoms with Crippen molar-refractivity contribution < 1.29 is 0 Å². The van der Waals surface area contributed by atoms with Gasteiger partial charge in [0.15, 0.2) is 0 Å². The Labute approximate surface area is 106 Å². The second-order valence-corrected chi connectivity index (χ2v) is 4.82. The number of halogens is 1. The van der Waals surface area contributed by atoms with E-state index in [0.717, 1.165) is 11.4 Å². The van der Waals surface area contributed by atoms with Gasteiger partial charge in [-0.2, -0.15) is 0 Å². The molecule has 0 nitrogen and oxygen atoms in total. The number of hydrogen-bond acceptors (Lipinski definition) is 0. The van der Waals surface area contributed by atoms with Crippen LogP contribution in [-0.4, -0.2) is 0 Å². The molecule has 0 aliphatic rings. The Morgan fingerprint density at radius 2 is 1.41 bits per heavy atom. The third-order valence-corrected chi connectivity index (χ3v) is 3.47. The molecule has 0 fully saturated rings. The fourth-order valence-corrected chi connectivity index (χ4v) is 2.42. The summed E-state index contributed by atoms with van der Waals surface area (Å²) in [7, 11) is 0. The molecule has 3 aromatic carbocycles.